The van der Waals surface area contributed by atoms with Gasteiger partial charge < -0.3 is 5.11 Å². The Bertz CT molecular complexity index is 591. The number of hydrogen-bond donors (Lipinski definition) is 1. The summed E-state index contributed by atoms with van der Waals surface area (Å²) in [6.07, 6.45) is 2.21. The van der Waals surface area contributed by atoms with Crippen LogP contribution in [-0.2, 0) is 16.8 Å². The van der Waals surface area contributed by atoms with Gasteiger partial charge in [0.2, 0.25) is 0 Å². The maximum atomic E-state index is 12.5. The fourth-order valence-electron chi connectivity index (χ4n) is 2.82. The zero-order valence-electron chi connectivity index (χ0n) is 12.9. The lowest BCUT2D eigenvalue weighted by molar-refractivity contribution is 0.122. The molecular weight excluding hydrogens is 324 g/mol. The molecule has 0 aliphatic heterocycles. The molecule has 0 saturated heterocycles. The number of nitrogens with zero attached hydrogens (tertiary/aromatic N) is 2. The lowest BCUT2D eigenvalue weighted by Gasteiger charge is -2.27. The topological polar surface area (TPSA) is 60.9 Å². The van der Waals surface area contributed by atoms with Crippen LogP contribution < -0.4 is 0 Å². The van der Waals surface area contributed by atoms with Crippen LogP contribution in [0.2, 0.25) is 5.02 Å². The Morgan fingerprint density at radius 3 is 2.36 bits per heavy atom. The van der Waals surface area contributed by atoms with Crippen molar-refractivity contribution in [3.63, 3.8) is 0 Å². The van der Waals surface area contributed by atoms with E-state index in [2.05, 4.69) is 0 Å². The largest absolute Gasteiger partial charge is 0.393 e. The molecule has 0 heterocycles. The minimum atomic E-state index is -3.54. The molecule has 2 rings (SSSR count). The molecule has 2 atom stereocenters. The molecule has 5 nitrogen and oxygen atoms in total. The van der Waals surface area contributed by atoms with Crippen molar-refractivity contribution in [1.82, 2.24) is 8.61 Å². The lowest BCUT2D eigenvalue weighted by Crippen LogP contribution is -2.42. The van der Waals surface area contributed by atoms with Gasteiger partial charge in [-0.1, -0.05) is 30.2 Å². The molecule has 1 fully saturated rings. The van der Waals surface area contributed by atoms with E-state index in [-0.39, 0.29) is 18.6 Å². The molecule has 0 spiro atoms. The van der Waals surface area contributed by atoms with Gasteiger partial charge in [0.05, 0.1) is 6.10 Å². The standard InChI is InChI=1S/C15H23ClN2O3S/c1-17(10-12-6-8-14(16)9-7-12)22(20,21)18(2)11-13-4-3-5-15(13)19/h6-9,13,15,19H,3-5,10-11H2,1-2H3. The van der Waals surface area contributed by atoms with E-state index in [1.54, 1.807) is 26.2 Å². The normalized spacial score (nSPS) is 22.6. The van der Waals surface area contributed by atoms with E-state index in [0.717, 1.165) is 24.8 Å². The zero-order valence-corrected chi connectivity index (χ0v) is 14.5. The first-order chi connectivity index (χ1) is 10.3. The first kappa shape index (κ1) is 17.7. The minimum absolute atomic E-state index is 0.0312. The Labute approximate surface area is 137 Å². The quantitative estimate of drug-likeness (QED) is 0.858. The molecule has 0 bridgehead atoms. The minimum Gasteiger partial charge on any atom is -0.393 e. The molecule has 1 N–H and O–H groups in total. The van der Waals surface area contributed by atoms with E-state index >= 15 is 0 Å². The number of aliphatic hydroxyl groups excluding tert-OH is 1. The van der Waals surface area contributed by atoms with Crippen molar-refractivity contribution in [3.05, 3.63) is 34.9 Å². The molecular formula is C15H23ClN2O3S. The number of halogens is 1. The van der Waals surface area contributed by atoms with Crippen LogP contribution in [0, 0.1) is 5.92 Å². The molecule has 0 aromatic heterocycles. The van der Waals surface area contributed by atoms with Crippen molar-refractivity contribution in [2.75, 3.05) is 20.6 Å². The SMILES string of the molecule is CN(Cc1ccc(Cl)cc1)S(=O)(=O)N(C)CC1CCCC1O. The second kappa shape index (κ2) is 7.27. The van der Waals surface area contributed by atoms with E-state index in [9.17, 15) is 13.5 Å². The summed E-state index contributed by atoms with van der Waals surface area (Å²) in [5.41, 5.74) is 0.879. The monoisotopic (exact) mass is 346 g/mol. The number of rotatable bonds is 6. The maximum Gasteiger partial charge on any atom is 0.281 e. The second-order valence-corrected chi connectivity index (χ2v) is 8.51. The molecule has 1 aliphatic rings. The van der Waals surface area contributed by atoms with Crippen LogP contribution in [0.15, 0.2) is 24.3 Å². The maximum absolute atomic E-state index is 12.5. The summed E-state index contributed by atoms with van der Waals surface area (Å²) in [4.78, 5) is 0. The smallest absolute Gasteiger partial charge is 0.281 e. The van der Waals surface area contributed by atoms with Crippen LogP contribution in [0.25, 0.3) is 0 Å². The number of hydrogen-bond acceptors (Lipinski definition) is 3. The third-order valence-corrected chi connectivity index (χ3v) is 6.32. The highest BCUT2D eigenvalue weighted by atomic mass is 35.5. The van der Waals surface area contributed by atoms with Crippen LogP contribution in [-0.4, -0.2) is 48.9 Å². The third kappa shape index (κ3) is 4.20. The molecule has 1 aromatic carbocycles. The summed E-state index contributed by atoms with van der Waals surface area (Å²) in [5, 5.41) is 10.5. The summed E-state index contributed by atoms with van der Waals surface area (Å²) in [6.45, 7) is 0.644. The summed E-state index contributed by atoms with van der Waals surface area (Å²) >= 11 is 5.83. The van der Waals surface area contributed by atoms with Gasteiger partial charge in [-0.25, -0.2) is 0 Å². The molecule has 0 radical (unpaired) electrons. The van der Waals surface area contributed by atoms with E-state index in [0.29, 0.717) is 11.6 Å². The Morgan fingerprint density at radius 2 is 1.82 bits per heavy atom. The van der Waals surface area contributed by atoms with Crippen LogP contribution in [0.3, 0.4) is 0 Å². The van der Waals surface area contributed by atoms with Crippen LogP contribution in [0.5, 0.6) is 0 Å². The van der Waals surface area contributed by atoms with Crippen molar-refractivity contribution in [1.29, 1.82) is 0 Å². The third-order valence-electron chi connectivity index (χ3n) is 4.22. The van der Waals surface area contributed by atoms with Gasteiger partial charge in [0, 0.05) is 32.2 Å². The molecule has 7 heteroatoms. The Hall–Kier alpha value is -0.660. The van der Waals surface area contributed by atoms with Gasteiger partial charge in [-0.2, -0.15) is 17.0 Å². The molecule has 0 amide bonds. The summed E-state index contributed by atoms with van der Waals surface area (Å²) < 4.78 is 27.7. The average molecular weight is 347 g/mol. The number of benzene rings is 1. The van der Waals surface area contributed by atoms with E-state index in [1.165, 1.54) is 8.61 Å². The van der Waals surface area contributed by atoms with Gasteiger partial charge in [-0.3, -0.25) is 0 Å². The van der Waals surface area contributed by atoms with Gasteiger partial charge >= 0.3 is 0 Å². The fraction of sp³-hybridized carbons (Fsp3) is 0.600. The Kier molecular flexibility index (Phi) is 5.85. The highest BCUT2D eigenvalue weighted by molar-refractivity contribution is 7.86. The highest BCUT2D eigenvalue weighted by Gasteiger charge is 2.31. The number of aliphatic hydroxyl groups is 1. The summed E-state index contributed by atoms with van der Waals surface area (Å²) in [5.74, 6) is 0.0312. The highest BCUT2D eigenvalue weighted by Crippen LogP contribution is 2.27. The molecule has 1 aromatic rings. The van der Waals surface area contributed by atoms with Crippen LogP contribution in [0.4, 0.5) is 0 Å². The molecule has 22 heavy (non-hydrogen) atoms. The van der Waals surface area contributed by atoms with Crippen molar-refractivity contribution in [2.45, 2.75) is 31.9 Å². The summed E-state index contributed by atoms with van der Waals surface area (Å²) in [7, 11) is -0.406. The van der Waals surface area contributed by atoms with Crippen molar-refractivity contribution in [2.24, 2.45) is 5.92 Å². The van der Waals surface area contributed by atoms with Gasteiger partial charge in [0.1, 0.15) is 0 Å². The van der Waals surface area contributed by atoms with Crippen molar-refractivity contribution < 1.29 is 13.5 Å². The van der Waals surface area contributed by atoms with Crippen LogP contribution >= 0.6 is 11.6 Å². The van der Waals surface area contributed by atoms with E-state index in [4.69, 9.17) is 11.6 Å². The molecule has 2 unspecified atom stereocenters. The van der Waals surface area contributed by atoms with Gasteiger partial charge in [0.15, 0.2) is 0 Å². The first-order valence-electron chi connectivity index (χ1n) is 7.41. The van der Waals surface area contributed by atoms with Gasteiger partial charge in [-0.15, -0.1) is 0 Å². The van der Waals surface area contributed by atoms with E-state index in [1.807, 2.05) is 12.1 Å². The predicted octanol–water partition coefficient (Wildman–Crippen LogP) is 2.11. The molecule has 124 valence electrons. The van der Waals surface area contributed by atoms with Gasteiger partial charge in [-0.05, 0) is 36.5 Å². The Balaban J connectivity index is 1.99. The van der Waals surface area contributed by atoms with Crippen molar-refractivity contribution >= 4 is 21.8 Å². The first-order valence-corrected chi connectivity index (χ1v) is 9.18. The van der Waals surface area contributed by atoms with Gasteiger partial charge in [0.25, 0.3) is 10.2 Å². The molecule has 1 saturated carbocycles. The fourth-order valence-corrected chi connectivity index (χ4v) is 4.12. The summed E-state index contributed by atoms with van der Waals surface area (Å²) in [6, 6.07) is 7.12. The zero-order chi connectivity index (χ0) is 16.3. The predicted molar refractivity (Wildman–Crippen MR) is 87.8 cm³/mol. The second-order valence-electron chi connectivity index (χ2n) is 5.93. The average Bonchev–Trinajstić information content (AvgIpc) is 2.86. The lowest BCUT2D eigenvalue weighted by atomic mass is 10.1. The van der Waals surface area contributed by atoms with Crippen molar-refractivity contribution in [3.8, 4) is 0 Å². The van der Waals surface area contributed by atoms with Crippen LogP contribution in [0.1, 0.15) is 24.8 Å². The molecule has 1 aliphatic carbocycles. The Morgan fingerprint density at radius 1 is 1.18 bits per heavy atom. The van der Waals surface area contributed by atoms with E-state index < -0.39 is 10.2 Å².